The number of halogens is 1. The van der Waals surface area contributed by atoms with Crippen molar-refractivity contribution in [1.29, 1.82) is 0 Å². The monoisotopic (exact) mass is 398 g/mol. The van der Waals surface area contributed by atoms with Crippen LogP contribution >= 0.6 is 0 Å². The van der Waals surface area contributed by atoms with E-state index in [1.807, 2.05) is 25.1 Å². The topological polar surface area (TPSA) is 58.6 Å². The Balaban J connectivity index is 2.13. The van der Waals surface area contributed by atoms with Crippen LogP contribution in [0, 0.1) is 5.82 Å². The standard InChI is InChI=1S/C23H27FN2O3/c1-5-20(19-8-6-7-9-21(19)29-15-23(28)26(3)4)25-22(27)14-16(2)17-10-12-18(24)13-11-17/h6-14,20H,5,15H2,1-4H3,(H,25,27). The Bertz CT molecular complexity index is 876. The molecular weight excluding hydrogens is 371 g/mol. The minimum atomic E-state index is -0.318. The second-order valence-electron chi connectivity index (χ2n) is 6.92. The molecule has 0 fully saturated rings. The molecule has 2 amide bonds. The van der Waals surface area contributed by atoms with Gasteiger partial charge in [0.1, 0.15) is 11.6 Å². The van der Waals surface area contributed by atoms with Crippen LogP contribution in [0.15, 0.2) is 54.6 Å². The van der Waals surface area contributed by atoms with Crippen LogP contribution in [-0.4, -0.2) is 37.4 Å². The van der Waals surface area contributed by atoms with Crippen LogP contribution in [0.1, 0.15) is 37.4 Å². The third kappa shape index (κ3) is 6.45. The number of likely N-dealkylation sites (N-methyl/N-ethyl adjacent to an activating group) is 1. The van der Waals surface area contributed by atoms with Gasteiger partial charge in [0.2, 0.25) is 5.91 Å². The molecule has 2 rings (SSSR count). The van der Waals surface area contributed by atoms with E-state index in [1.54, 1.807) is 39.2 Å². The van der Waals surface area contributed by atoms with Crippen LogP contribution in [0.25, 0.3) is 5.57 Å². The molecule has 2 aromatic carbocycles. The summed E-state index contributed by atoms with van der Waals surface area (Å²) in [6, 6.07) is 13.1. The summed E-state index contributed by atoms with van der Waals surface area (Å²) in [5.74, 6) is -0.150. The number of ether oxygens (including phenoxy) is 1. The first kappa shape index (κ1) is 22.1. The lowest BCUT2D eigenvalue weighted by Gasteiger charge is -2.20. The van der Waals surface area contributed by atoms with Crippen molar-refractivity contribution in [2.75, 3.05) is 20.7 Å². The Labute approximate surface area is 171 Å². The first-order valence-electron chi connectivity index (χ1n) is 9.48. The third-order valence-corrected chi connectivity index (χ3v) is 4.52. The molecule has 5 nitrogen and oxygen atoms in total. The third-order valence-electron chi connectivity index (χ3n) is 4.52. The number of nitrogens with one attached hydrogen (secondary N) is 1. The van der Waals surface area contributed by atoms with Crippen molar-refractivity contribution in [1.82, 2.24) is 10.2 Å². The average molecular weight is 398 g/mol. The molecule has 2 aromatic rings. The highest BCUT2D eigenvalue weighted by Gasteiger charge is 2.17. The Morgan fingerprint density at radius 1 is 1.14 bits per heavy atom. The molecule has 1 N–H and O–H groups in total. The van der Waals surface area contributed by atoms with E-state index in [2.05, 4.69) is 5.32 Å². The number of para-hydroxylation sites is 1. The van der Waals surface area contributed by atoms with Gasteiger partial charge in [-0.25, -0.2) is 4.39 Å². The van der Waals surface area contributed by atoms with Crippen molar-refractivity contribution >= 4 is 17.4 Å². The van der Waals surface area contributed by atoms with Crippen LogP contribution in [0.2, 0.25) is 0 Å². The molecule has 1 atom stereocenters. The van der Waals surface area contributed by atoms with Gasteiger partial charge in [-0.1, -0.05) is 37.3 Å². The van der Waals surface area contributed by atoms with Crippen LogP contribution in [0.3, 0.4) is 0 Å². The highest BCUT2D eigenvalue weighted by molar-refractivity contribution is 5.95. The molecule has 0 saturated heterocycles. The van der Waals surface area contributed by atoms with E-state index in [0.29, 0.717) is 12.2 Å². The van der Waals surface area contributed by atoms with Gasteiger partial charge >= 0.3 is 0 Å². The molecule has 0 bridgehead atoms. The normalized spacial score (nSPS) is 12.2. The first-order chi connectivity index (χ1) is 13.8. The molecule has 0 radical (unpaired) electrons. The summed E-state index contributed by atoms with van der Waals surface area (Å²) in [4.78, 5) is 25.8. The van der Waals surface area contributed by atoms with Gasteiger partial charge in [0.05, 0.1) is 6.04 Å². The van der Waals surface area contributed by atoms with Gasteiger partial charge in [-0.15, -0.1) is 0 Å². The van der Waals surface area contributed by atoms with Gasteiger partial charge in [0, 0.05) is 25.7 Å². The van der Waals surface area contributed by atoms with Gasteiger partial charge in [0.15, 0.2) is 6.61 Å². The Morgan fingerprint density at radius 3 is 2.41 bits per heavy atom. The summed E-state index contributed by atoms with van der Waals surface area (Å²) in [7, 11) is 3.34. The van der Waals surface area contributed by atoms with Gasteiger partial charge < -0.3 is 15.0 Å². The zero-order chi connectivity index (χ0) is 21.4. The number of benzene rings is 2. The number of nitrogens with zero attached hydrogens (tertiary/aromatic N) is 1. The predicted molar refractivity (Wildman–Crippen MR) is 112 cm³/mol. The molecular formula is C23H27FN2O3. The summed E-state index contributed by atoms with van der Waals surface area (Å²) >= 11 is 0. The summed E-state index contributed by atoms with van der Waals surface area (Å²) in [6.45, 7) is 3.69. The van der Waals surface area contributed by atoms with Crippen molar-refractivity contribution in [2.24, 2.45) is 0 Å². The zero-order valence-electron chi connectivity index (χ0n) is 17.2. The predicted octanol–water partition coefficient (Wildman–Crippen LogP) is 3.96. The fraction of sp³-hybridized carbons (Fsp3) is 0.304. The molecule has 0 spiro atoms. The SMILES string of the molecule is CCC(NC(=O)C=C(C)c1ccc(F)cc1)c1ccccc1OCC(=O)N(C)C. The minimum absolute atomic E-state index is 0.0715. The van der Waals surface area contributed by atoms with E-state index < -0.39 is 0 Å². The number of rotatable bonds is 8. The Kier molecular flexibility index (Phi) is 7.95. The maximum Gasteiger partial charge on any atom is 0.259 e. The molecule has 0 aliphatic rings. The van der Waals surface area contributed by atoms with E-state index in [9.17, 15) is 14.0 Å². The number of amides is 2. The van der Waals surface area contributed by atoms with E-state index in [4.69, 9.17) is 4.74 Å². The lowest BCUT2D eigenvalue weighted by atomic mass is 10.0. The van der Waals surface area contributed by atoms with Crippen LogP contribution in [0.4, 0.5) is 4.39 Å². The van der Waals surface area contributed by atoms with Crippen molar-refractivity contribution in [3.05, 3.63) is 71.6 Å². The largest absolute Gasteiger partial charge is 0.483 e. The molecule has 154 valence electrons. The number of hydrogen-bond acceptors (Lipinski definition) is 3. The second kappa shape index (κ2) is 10.4. The highest BCUT2D eigenvalue weighted by Crippen LogP contribution is 2.27. The second-order valence-corrected chi connectivity index (χ2v) is 6.92. The Morgan fingerprint density at radius 2 is 1.79 bits per heavy atom. The zero-order valence-corrected chi connectivity index (χ0v) is 17.2. The molecule has 6 heteroatoms. The average Bonchev–Trinajstić information content (AvgIpc) is 2.70. The summed E-state index contributed by atoms with van der Waals surface area (Å²) < 4.78 is 18.8. The quantitative estimate of drug-likeness (QED) is 0.685. The summed E-state index contributed by atoms with van der Waals surface area (Å²) in [5, 5.41) is 2.98. The smallest absolute Gasteiger partial charge is 0.259 e. The van der Waals surface area contributed by atoms with Crippen molar-refractivity contribution in [3.8, 4) is 5.75 Å². The van der Waals surface area contributed by atoms with E-state index in [1.165, 1.54) is 23.1 Å². The maximum absolute atomic E-state index is 13.1. The van der Waals surface area contributed by atoms with E-state index in [0.717, 1.165) is 16.7 Å². The minimum Gasteiger partial charge on any atom is -0.483 e. The van der Waals surface area contributed by atoms with Crippen molar-refractivity contribution in [3.63, 3.8) is 0 Å². The molecule has 0 aliphatic carbocycles. The number of allylic oxidation sites excluding steroid dienone is 1. The van der Waals surface area contributed by atoms with Gasteiger partial charge in [-0.3, -0.25) is 9.59 Å². The van der Waals surface area contributed by atoms with Gasteiger partial charge in [0.25, 0.3) is 5.91 Å². The van der Waals surface area contributed by atoms with Gasteiger partial charge in [-0.2, -0.15) is 0 Å². The fourth-order valence-corrected chi connectivity index (χ4v) is 2.77. The van der Waals surface area contributed by atoms with Crippen molar-refractivity contribution < 1.29 is 18.7 Å². The van der Waals surface area contributed by atoms with E-state index >= 15 is 0 Å². The lowest BCUT2D eigenvalue weighted by Crippen LogP contribution is -2.29. The number of hydrogen-bond donors (Lipinski definition) is 1. The molecule has 29 heavy (non-hydrogen) atoms. The lowest BCUT2D eigenvalue weighted by molar-refractivity contribution is -0.130. The molecule has 0 aromatic heterocycles. The molecule has 1 unspecified atom stereocenters. The van der Waals surface area contributed by atoms with Crippen LogP contribution in [0.5, 0.6) is 5.75 Å². The fourth-order valence-electron chi connectivity index (χ4n) is 2.77. The molecule has 0 heterocycles. The maximum atomic E-state index is 13.1. The summed E-state index contributed by atoms with van der Waals surface area (Å²) in [6.07, 6.45) is 2.14. The van der Waals surface area contributed by atoms with Gasteiger partial charge in [-0.05, 0) is 42.7 Å². The Hall–Kier alpha value is -3.15. The molecule has 0 aliphatic heterocycles. The first-order valence-corrected chi connectivity index (χ1v) is 9.48. The summed E-state index contributed by atoms with van der Waals surface area (Å²) in [5.41, 5.74) is 2.32. The van der Waals surface area contributed by atoms with Crippen molar-refractivity contribution in [2.45, 2.75) is 26.3 Å². The number of carbonyl (C=O) groups is 2. The van der Waals surface area contributed by atoms with Crippen LogP contribution in [-0.2, 0) is 9.59 Å². The highest BCUT2D eigenvalue weighted by atomic mass is 19.1. The van der Waals surface area contributed by atoms with Crippen LogP contribution < -0.4 is 10.1 Å². The van der Waals surface area contributed by atoms with E-state index in [-0.39, 0.29) is 30.3 Å². The number of carbonyl (C=O) groups excluding carboxylic acids is 2. The molecule has 0 saturated carbocycles.